The third-order valence-electron chi connectivity index (χ3n) is 5.56. The first-order chi connectivity index (χ1) is 12.6. The van der Waals surface area contributed by atoms with Gasteiger partial charge in [-0.2, -0.15) is 5.10 Å². The van der Waals surface area contributed by atoms with Crippen molar-refractivity contribution in [2.45, 2.75) is 38.6 Å². The predicted octanol–water partition coefficient (Wildman–Crippen LogP) is 1.79. The molecular weight excluding hydrogens is 330 g/mol. The molecule has 4 rings (SSSR count). The molecule has 1 aliphatic carbocycles. The van der Waals surface area contributed by atoms with Gasteiger partial charge in [0.25, 0.3) is 5.91 Å². The molecule has 1 N–H and O–H groups in total. The van der Waals surface area contributed by atoms with Crippen LogP contribution in [-0.4, -0.2) is 50.6 Å². The Bertz CT molecular complexity index is 786. The van der Waals surface area contributed by atoms with E-state index in [9.17, 15) is 9.59 Å². The van der Waals surface area contributed by atoms with E-state index in [-0.39, 0.29) is 11.8 Å². The van der Waals surface area contributed by atoms with Crippen LogP contribution < -0.4 is 5.32 Å². The van der Waals surface area contributed by atoms with Crippen molar-refractivity contribution in [2.24, 2.45) is 5.41 Å². The number of amides is 2. The molecule has 2 fully saturated rings. The second kappa shape index (κ2) is 6.55. The fraction of sp³-hybridized carbons (Fsp3) is 0.474. The highest BCUT2D eigenvalue weighted by molar-refractivity contribution is 5.97. The van der Waals surface area contributed by atoms with Gasteiger partial charge in [-0.3, -0.25) is 9.59 Å². The summed E-state index contributed by atoms with van der Waals surface area (Å²) in [5.74, 6) is 0.342. The van der Waals surface area contributed by atoms with Gasteiger partial charge in [-0.15, -0.1) is 0 Å². The van der Waals surface area contributed by atoms with E-state index in [0.29, 0.717) is 16.8 Å². The molecule has 0 radical (unpaired) electrons. The first kappa shape index (κ1) is 16.8. The zero-order chi connectivity index (χ0) is 18.1. The van der Waals surface area contributed by atoms with Gasteiger partial charge in [0.2, 0.25) is 5.91 Å². The van der Waals surface area contributed by atoms with E-state index in [0.717, 1.165) is 25.9 Å². The van der Waals surface area contributed by atoms with Crippen LogP contribution in [-0.2, 0) is 4.79 Å². The molecule has 1 spiro atoms. The topological polar surface area (TPSA) is 80.1 Å². The molecule has 2 aromatic rings. The van der Waals surface area contributed by atoms with Crippen molar-refractivity contribution in [1.29, 1.82) is 0 Å². The number of piperidine rings is 1. The maximum absolute atomic E-state index is 12.6. The predicted molar refractivity (Wildman–Crippen MR) is 95.8 cm³/mol. The maximum atomic E-state index is 12.6. The quantitative estimate of drug-likeness (QED) is 0.909. The van der Waals surface area contributed by atoms with Crippen LogP contribution in [0.25, 0.3) is 5.82 Å². The van der Waals surface area contributed by atoms with Crippen LogP contribution in [0.2, 0.25) is 0 Å². The van der Waals surface area contributed by atoms with Gasteiger partial charge in [-0.1, -0.05) is 0 Å². The highest BCUT2D eigenvalue weighted by Gasteiger charge is 2.45. The number of nitrogens with one attached hydrogen (secondary N) is 1. The average molecular weight is 353 g/mol. The van der Waals surface area contributed by atoms with Gasteiger partial charge in [0, 0.05) is 31.7 Å². The first-order valence-electron chi connectivity index (χ1n) is 9.12. The van der Waals surface area contributed by atoms with E-state index >= 15 is 0 Å². The van der Waals surface area contributed by atoms with E-state index in [4.69, 9.17) is 0 Å². The van der Waals surface area contributed by atoms with Crippen LogP contribution in [0.5, 0.6) is 0 Å². The molecule has 26 heavy (non-hydrogen) atoms. The van der Waals surface area contributed by atoms with Gasteiger partial charge < -0.3 is 10.2 Å². The molecule has 0 aromatic carbocycles. The van der Waals surface area contributed by atoms with Crippen LogP contribution in [0, 0.1) is 5.41 Å². The zero-order valence-corrected chi connectivity index (χ0v) is 14.9. The molecular formula is C19H23N5O2. The van der Waals surface area contributed by atoms with E-state index < -0.39 is 6.04 Å². The number of hydrogen-bond donors (Lipinski definition) is 1. The Balaban J connectivity index is 1.34. The molecule has 7 nitrogen and oxygen atoms in total. The van der Waals surface area contributed by atoms with E-state index in [1.807, 2.05) is 4.90 Å². The molecule has 0 bridgehead atoms. The van der Waals surface area contributed by atoms with Crippen molar-refractivity contribution in [2.75, 3.05) is 13.1 Å². The number of carbonyl (C=O) groups is 2. The Morgan fingerprint density at radius 1 is 1.19 bits per heavy atom. The normalized spacial score (nSPS) is 19.2. The summed E-state index contributed by atoms with van der Waals surface area (Å²) in [6, 6.07) is 4.69. The molecule has 2 amide bonds. The minimum atomic E-state index is -0.540. The minimum absolute atomic E-state index is 0.00466. The Hall–Kier alpha value is -2.70. The Kier molecular flexibility index (Phi) is 4.22. The third kappa shape index (κ3) is 3.34. The Labute approximate surface area is 152 Å². The molecule has 136 valence electrons. The van der Waals surface area contributed by atoms with Crippen molar-refractivity contribution in [3.05, 3.63) is 42.4 Å². The lowest BCUT2D eigenvalue weighted by Crippen LogP contribution is -2.49. The lowest BCUT2D eigenvalue weighted by molar-refractivity contribution is -0.134. The molecule has 3 heterocycles. The number of aromatic nitrogens is 3. The zero-order valence-electron chi connectivity index (χ0n) is 14.9. The standard InChI is InChI=1S/C19H23N5O2/c1-14(18(26)23-11-7-19(5-6-19)8-12-23)22-17(25)15-3-4-16(20-13-15)24-10-2-9-21-24/h2-4,9-10,13-14H,5-8,11-12H2,1H3,(H,22,25)/t14-/m1/s1. The van der Waals surface area contributed by atoms with Crippen LogP contribution in [0.1, 0.15) is 43.0 Å². The molecule has 1 saturated heterocycles. The van der Waals surface area contributed by atoms with Crippen LogP contribution >= 0.6 is 0 Å². The number of rotatable bonds is 4. The van der Waals surface area contributed by atoms with E-state index in [1.54, 1.807) is 42.2 Å². The fourth-order valence-electron chi connectivity index (χ4n) is 3.55. The maximum Gasteiger partial charge on any atom is 0.253 e. The van der Waals surface area contributed by atoms with Crippen molar-refractivity contribution in [1.82, 2.24) is 25.0 Å². The number of likely N-dealkylation sites (tertiary alicyclic amines) is 1. The SMILES string of the molecule is C[C@@H](NC(=O)c1ccc(-n2cccn2)nc1)C(=O)N1CCC2(CC1)CC2. The summed E-state index contributed by atoms with van der Waals surface area (Å²) in [4.78, 5) is 31.1. The fourth-order valence-corrected chi connectivity index (χ4v) is 3.55. The summed E-state index contributed by atoms with van der Waals surface area (Å²) in [5, 5.41) is 6.89. The first-order valence-corrected chi connectivity index (χ1v) is 9.12. The largest absolute Gasteiger partial charge is 0.341 e. The molecule has 1 atom stereocenters. The number of nitrogens with zero attached hydrogens (tertiary/aromatic N) is 4. The van der Waals surface area contributed by atoms with Gasteiger partial charge in [0.05, 0.1) is 5.56 Å². The molecule has 2 aromatic heterocycles. The molecule has 1 saturated carbocycles. The number of pyridine rings is 1. The molecule has 0 unspecified atom stereocenters. The molecule has 2 aliphatic rings. The summed E-state index contributed by atoms with van der Waals surface area (Å²) in [5.41, 5.74) is 0.960. The highest BCUT2D eigenvalue weighted by atomic mass is 16.2. The van der Waals surface area contributed by atoms with Gasteiger partial charge in [-0.05, 0) is 56.2 Å². The van der Waals surface area contributed by atoms with Crippen LogP contribution in [0.15, 0.2) is 36.8 Å². The van der Waals surface area contributed by atoms with E-state index in [2.05, 4.69) is 15.4 Å². The van der Waals surface area contributed by atoms with E-state index in [1.165, 1.54) is 19.0 Å². The highest BCUT2D eigenvalue weighted by Crippen LogP contribution is 2.53. The lowest BCUT2D eigenvalue weighted by atomic mass is 9.93. The summed E-state index contributed by atoms with van der Waals surface area (Å²) < 4.78 is 1.62. The van der Waals surface area contributed by atoms with Crippen molar-refractivity contribution < 1.29 is 9.59 Å². The van der Waals surface area contributed by atoms with Gasteiger partial charge in [0.1, 0.15) is 6.04 Å². The van der Waals surface area contributed by atoms with Crippen molar-refractivity contribution in [3.8, 4) is 5.82 Å². The van der Waals surface area contributed by atoms with Gasteiger partial charge >= 0.3 is 0 Å². The average Bonchev–Trinajstić information content (AvgIpc) is 3.20. The summed E-state index contributed by atoms with van der Waals surface area (Å²) in [7, 11) is 0. The molecule has 7 heteroatoms. The molecule has 1 aliphatic heterocycles. The Morgan fingerprint density at radius 2 is 1.96 bits per heavy atom. The van der Waals surface area contributed by atoms with Crippen LogP contribution in [0.4, 0.5) is 0 Å². The second-order valence-corrected chi connectivity index (χ2v) is 7.38. The van der Waals surface area contributed by atoms with Crippen molar-refractivity contribution >= 4 is 11.8 Å². The van der Waals surface area contributed by atoms with Crippen molar-refractivity contribution in [3.63, 3.8) is 0 Å². The van der Waals surface area contributed by atoms with Gasteiger partial charge in [0.15, 0.2) is 5.82 Å². The monoisotopic (exact) mass is 353 g/mol. The second-order valence-electron chi connectivity index (χ2n) is 7.38. The number of carbonyl (C=O) groups excluding carboxylic acids is 2. The summed E-state index contributed by atoms with van der Waals surface area (Å²) in [6.07, 6.45) is 9.76. The minimum Gasteiger partial charge on any atom is -0.341 e. The van der Waals surface area contributed by atoms with Gasteiger partial charge in [-0.25, -0.2) is 9.67 Å². The third-order valence-corrected chi connectivity index (χ3v) is 5.56. The lowest BCUT2D eigenvalue weighted by Gasteiger charge is -2.33. The smallest absolute Gasteiger partial charge is 0.253 e. The summed E-state index contributed by atoms with van der Waals surface area (Å²) >= 11 is 0. The number of hydrogen-bond acceptors (Lipinski definition) is 4. The van der Waals surface area contributed by atoms with Crippen LogP contribution in [0.3, 0.4) is 0 Å². The summed E-state index contributed by atoms with van der Waals surface area (Å²) in [6.45, 7) is 3.35. The Morgan fingerprint density at radius 3 is 2.54 bits per heavy atom.